The molecule has 18 heavy (non-hydrogen) atoms. The summed E-state index contributed by atoms with van der Waals surface area (Å²) in [5.74, 6) is 0. The topological polar surface area (TPSA) is 56.0 Å². The second-order valence-corrected chi connectivity index (χ2v) is 3.94. The Morgan fingerprint density at radius 1 is 1.00 bits per heavy atom. The monoisotopic (exact) mass is 238 g/mol. The minimum absolute atomic E-state index is 0.00305. The van der Waals surface area contributed by atoms with Crippen molar-refractivity contribution in [3.63, 3.8) is 0 Å². The van der Waals surface area contributed by atoms with Crippen molar-refractivity contribution in [2.45, 2.75) is 13.2 Å². The van der Waals surface area contributed by atoms with Crippen LogP contribution in [0.1, 0.15) is 16.7 Å². The van der Waals surface area contributed by atoms with Crippen LogP contribution in [0.25, 0.3) is 0 Å². The van der Waals surface area contributed by atoms with Gasteiger partial charge in [-0.15, -0.1) is 0 Å². The van der Waals surface area contributed by atoms with Gasteiger partial charge in [-0.3, -0.25) is 0 Å². The van der Waals surface area contributed by atoms with Crippen LogP contribution in [-0.2, 0) is 13.2 Å². The van der Waals surface area contributed by atoms with Crippen molar-refractivity contribution in [2.75, 3.05) is 5.32 Å². The zero-order valence-corrected chi connectivity index (χ0v) is 9.93. The number of benzene rings is 2. The standard InChI is InChI=1S/C15H14N2O/c16-9-12-5-1-2-6-13(12)10-17-15-8-4-3-7-14(15)11-18/h1-8,17-18H,10-11H2. The molecule has 0 spiro atoms. The van der Waals surface area contributed by atoms with Gasteiger partial charge in [-0.1, -0.05) is 36.4 Å². The summed E-state index contributed by atoms with van der Waals surface area (Å²) >= 11 is 0. The van der Waals surface area contributed by atoms with Crippen LogP contribution in [0.15, 0.2) is 48.5 Å². The number of anilines is 1. The van der Waals surface area contributed by atoms with E-state index in [4.69, 9.17) is 5.26 Å². The Labute approximate surface area is 106 Å². The second kappa shape index (κ2) is 5.85. The van der Waals surface area contributed by atoms with Gasteiger partial charge in [-0.2, -0.15) is 5.26 Å². The molecule has 0 aliphatic carbocycles. The van der Waals surface area contributed by atoms with Crippen molar-refractivity contribution in [1.29, 1.82) is 5.26 Å². The minimum Gasteiger partial charge on any atom is -0.392 e. The van der Waals surface area contributed by atoms with Crippen LogP contribution in [0.5, 0.6) is 0 Å². The van der Waals surface area contributed by atoms with E-state index in [0.717, 1.165) is 16.8 Å². The van der Waals surface area contributed by atoms with Crippen molar-refractivity contribution < 1.29 is 5.11 Å². The maximum atomic E-state index is 9.22. The molecule has 2 rings (SSSR count). The molecule has 0 atom stereocenters. The molecule has 0 radical (unpaired) electrons. The summed E-state index contributed by atoms with van der Waals surface area (Å²) in [6, 6.07) is 17.3. The van der Waals surface area contributed by atoms with E-state index >= 15 is 0 Å². The third kappa shape index (κ3) is 2.68. The molecule has 3 heteroatoms. The highest BCUT2D eigenvalue weighted by molar-refractivity contribution is 5.52. The van der Waals surface area contributed by atoms with Gasteiger partial charge in [0.15, 0.2) is 0 Å². The molecular weight excluding hydrogens is 224 g/mol. The molecular formula is C15H14N2O. The average molecular weight is 238 g/mol. The molecule has 0 aliphatic rings. The lowest BCUT2D eigenvalue weighted by Gasteiger charge is -2.11. The van der Waals surface area contributed by atoms with Crippen LogP contribution in [0.3, 0.4) is 0 Å². The first-order valence-electron chi connectivity index (χ1n) is 5.76. The van der Waals surface area contributed by atoms with Crippen LogP contribution in [0.4, 0.5) is 5.69 Å². The Hall–Kier alpha value is -2.31. The van der Waals surface area contributed by atoms with E-state index in [1.165, 1.54) is 0 Å². The second-order valence-electron chi connectivity index (χ2n) is 3.94. The van der Waals surface area contributed by atoms with Gasteiger partial charge in [0, 0.05) is 17.8 Å². The van der Waals surface area contributed by atoms with E-state index in [-0.39, 0.29) is 6.61 Å². The minimum atomic E-state index is 0.00305. The first kappa shape index (κ1) is 12.2. The fourth-order valence-electron chi connectivity index (χ4n) is 1.80. The number of nitriles is 1. The summed E-state index contributed by atoms with van der Waals surface area (Å²) in [5, 5.41) is 21.5. The van der Waals surface area contributed by atoms with Crippen molar-refractivity contribution in [1.82, 2.24) is 0 Å². The summed E-state index contributed by atoms with van der Waals surface area (Å²) in [4.78, 5) is 0. The predicted octanol–water partition coefficient (Wildman–Crippen LogP) is 2.66. The molecule has 90 valence electrons. The predicted molar refractivity (Wildman–Crippen MR) is 70.8 cm³/mol. The molecule has 0 unspecified atom stereocenters. The molecule has 0 amide bonds. The Morgan fingerprint density at radius 2 is 1.67 bits per heavy atom. The van der Waals surface area contributed by atoms with E-state index in [1.807, 2.05) is 42.5 Å². The quantitative estimate of drug-likeness (QED) is 0.861. The Morgan fingerprint density at radius 3 is 2.39 bits per heavy atom. The first-order chi connectivity index (χ1) is 8.85. The van der Waals surface area contributed by atoms with E-state index in [2.05, 4.69) is 11.4 Å². The van der Waals surface area contributed by atoms with Gasteiger partial charge in [0.1, 0.15) is 0 Å². The maximum Gasteiger partial charge on any atom is 0.0995 e. The van der Waals surface area contributed by atoms with Crippen molar-refractivity contribution >= 4 is 5.69 Å². The van der Waals surface area contributed by atoms with Crippen LogP contribution >= 0.6 is 0 Å². The summed E-state index contributed by atoms with van der Waals surface area (Å²) < 4.78 is 0. The van der Waals surface area contributed by atoms with Gasteiger partial charge in [0.05, 0.1) is 18.2 Å². The van der Waals surface area contributed by atoms with Crippen LogP contribution in [0, 0.1) is 11.3 Å². The number of hydrogen-bond donors (Lipinski definition) is 2. The highest BCUT2D eigenvalue weighted by atomic mass is 16.3. The van der Waals surface area contributed by atoms with Crippen LogP contribution < -0.4 is 5.32 Å². The SMILES string of the molecule is N#Cc1ccccc1CNc1ccccc1CO. The van der Waals surface area contributed by atoms with E-state index in [0.29, 0.717) is 12.1 Å². The van der Waals surface area contributed by atoms with E-state index in [9.17, 15) is 5.11 Å². The van der Waals surface area contributed by atoms with Gasteiger partial charge in [-0.25, -0.2) is 0 Å². The molecule has 3 nitrogen and oxygen atoms in total. The largest absolute Gasteiger partial charge is 0.392 e. The highest BCUT2D eigenvalue weighted by Crippen LogP contribution is 2.17. The van der Waals surface area contributed by atoms with E-state index in [1.54, 1.807) is 6.07 Å². The Balaban J connectivity index is 2.14. The molecule has 2 aromatic rings. The number of nitrogens with one attached hydrogen (secondary N) is 1. The summed E-state index contributed by atoms with van der Waals surface area (Å²) in [6.07, 6.45) is 0. The molecule has 0 heterocycles. The van der Waals surface area contributed by atoms with E-state index < -0.39 is 0 Å². The lowest BCUT2D eigenvalue weighted by Crippen LogP contribution is -2.03. The maximum absolute atomic E-state index is 9.22. The summed E-state index contributed by atoms with van der Waals surface area (Å²) in [5.41, 5.74) is 3.37. The van der Waals surface area contributed by atoms with Crippen LogP contribution in [-0.4, -0.2) is 5.11 Å². The number of rotatable bonds is 4. The molecule has 0 saturated carbocycles. The number of aliphatic hydroxyl groups excluding tert-OH is 1. The molecule has 0 aromatic heterocycles. The van der Waals surface area contributed by atoms with Gasteiger partial charge in [-0.05, 0) is 17.7 Å². The van der Waals surface area contributed by atoms with Gasteiger partial charge in [0.25, 0.3) is 0 Å². The van der Waals surface area contributed by atoms with Crippen molar-refractivity contribution in [2.24, 2.45) is 0 Å². The smallest absolute Gasteiger partial charge is 0.0995 e. The van der Waals surface area contributed by atoms with Crippen molar-refractivity contribution in [3.05, 3.63) is 65.2 Å². The molecule has 0 saturated heterocycles. The average Bonchev–Trinajstić information content (AvgIpc) is 2.45. The zero-order valence-electron chi connectivity index (χ0n) is 9.93. The van der Waals surface area contributed by atoms with Crippen molar-refractivity contribution in [3.8, 4) is 6.07 Å². The fourth-order valence-corrected chi connectivity index (χ4v) is 1.80. The van der Waals surface area contributed by atoms with Gasteiger partial charge < -0.3 is 10.4 Å². The lowest BCUT2D eigenvalue weighted by atomic mass is 10.1. The fraction of sp³-hybridized carbons (Fsp3) is 0.133. The highest BCUT2D eigenvalue weighted by Gasteiger charge is 2.03. The first-order valence-corrected chi connectivity index (χ1v) is 5.76. The molecule has 2 aromatic carbocycles. The number of hydrogen-bond acceptors (Lipinski definition) is 3. The Kier molecular flexibility index (Phi) is 3.95. The van der Waals surface area contributed by atoms with Gasteiger partial charge >= 0.3 is 0 Å². The molecule has 0 aliphatic heterocycles. The third-order valence-corrected chi connectivity index (χ3v) is 2.79. The molecule has 0 bridgehead atoms. The van der Waals surface area contributed by atoms with Crippen LogP contribution in [0.2, 0.25) is 0 Å². The number of nitrogens with zero attached hydrogens (tertiary/aromatic N) is 1. The lowest BCUT2D eigenvalue weighted by molar-refractivity contribution is 0.282. The Bertz CT molecular complexity index is 573. The van der Waals surface area contributed by atoms with Gasteiger partial charge in [0.2, 0.25) is 0 Å². The summed E-state index contributed by atoms with van der Waals surface area (Å²) in [7, 11) is 0. The third-order valence-electron chi connectivity index (χ3n) is 2.79. The normalized spacial score (nSPS) is 9.78. The summed E-state index contributed by atoms with van der Waals surface area (Å²) in [6.45, 7) is 0.573. The molecule has 0 fully saturated rings. The number of para-hydroxylation sites is 1. The number of aliphatic hydroxyl groups is 1. The molecule has 2 N–H and O–H groups in total. The zero-order chi connectivity index (χ0) is 12.8.